The van der Waals surface area contributed by atoms with Crippen molar-refractivity contribution >= 4 is 11.1 Å². The molecular formula is C30H38. The summed E-state index contributed by atoms with van der Waals surface area (Å²) in [6, 6.07) is 18.2. The first-order valence-corrected chi connectivity index (χ1v) is 11.7. The summed E-state index contributed by atoms with van der Waals surface area (Å²) in [5.41, 5.74) is 9.46. The van der Waals surface area contributed by atoms with Crippen LogP contribution in [-0.2, 0) is 0 Å². The molecule has 4 rings (SSSR count). The maximum atomic E-state index is 2.57. The van der Waals surface area contributed by atoms with Crippen molar-refractivity contribution in [3.63, 3.8) is 0 Å². The standard InChI is InChI=1S/C30H38/c1-20(16-21-18-27(29(2,3)4)25-14-10-8-12-23(21)25)17-22-19-28(30(5,6)7)26-15-11-9-13-24(22)26/h8-15,18-22H,16-17H2,1-7H3. The topological polar surface area (TPSA) is 0 Å². The lowest BCUT2D eigenvalue weighted by Gasteiger charge is -2.21. The molecule has 2 aromatic carbocycles. The molecule has 0 spiro atoms. The highest BCUT2D eigenvalue weighted by Crippen LogP contribution is 2.49. The van der Waals surface area contributed by atoms with Gasteiger partial charge in [-0.3, -0.25) is 0 Å². The van der Waals surface area contributed by atoms with Gasteiger partial charge in [-0.2, -0.15) is 0 Å². The van der Waals surface area contributed by atoms with E-state index < -0.39 is 0 Å². The number of rotatable bonds is 4. The number of hydrogen-bond acceptors (Lipinski definition) is 0. The van der Waals surface area contributed by atoms with Crippen LogP contribution in [0.25, 0.3) is 11.1 Å². The Bertz CT molecular complexity index is 906. The van der Waals surface area contributed by atoms with Gasteiger partial charge in [0.05, 0.1) is 0 Å². The highest BCUT2D eigenvalue weighted by atomic mass is 14.4. The van der Waals surface area contributed by atoms with E-state index in [1.807, 2.05) is 0 Å². The maximum Gasteiger partial charge on any atom is 0.00327 e. The minimum absolute atomic E-state index is 0.197. The molecule has 0 nitrogen and oxygen atoms in total. The van der Waals surface area contributed by atoms with E-state index in [0.29, 0.717) is 17.8 Å². The summed E-state index contributed by atoms with van der Waals surface area (Å²) in [5, 5.41) is 0. The average molecular weight is 399 g/mol. The average Bonchev–Trinajstić information content (AvgIpc) is 3.21. The van der Waals surface area contributed by atoms with Gasteiger partial charge in [0.2, 0.25) is 0 Å². The van der Waals surface area contributed by atoms with Crippen LogP contribution in [0.4, 0.5) is 0 Å². The molecule has 0 amide bonds. The van der Waals surface area contributed by atoms with E-state index in [9.17, 15) is 0 Å². The molecule has 2 atom stereocenters. The number of fused-ring (bicyclic) bond motifs is 2. The predicted octanol–water partition coefficient (Wildman–Crippen LogP) is 8.86. The van der Waals surface area contributed by atoms with Crippen LogP contribution in [0.3, 0.4) is 0 Å². The highest BCUT2D eigenvalue weighted by Gasteiger charge is 2.33. The Hall–Kier alpha value is -2.08. The number of hydrogen-bond donors (Lipinski definition) is 0. The lowest BCUT2D eigenvalue weighted by atomic mass is 9.83. The molecule has 0 bridgehead atoms. The normalized spacial score (nSPS) is 21.7. The van der Waals surface area contributed by atoms with E-state index in [0.717, 1.165) is 0 Å². The minimum Gasteiger partial charge on any atom is -0.0726 e. The second kappa shape index (κ2) is 7.56. The molecule has 30 heavy (non-hydrogen) atoms. The van der Waals surface area contributed by atoms with Crippen LogP contribution in [0, 0.1) is 16.7 Å². The fourth-order valence-corrected chi connectivity index (χ4v) is 5.55. The zero-order valence-corrected chi connectivity index (χ0v) is 19.9. The minimum atomic E-state index is 0.197. The molecule has 0 heterocycles. The monoisotopic (exact) mass is 398 g/mol. The van der Waals surface area contributed by atoms with Gasteiger partial charge in [0, 0.05) is 11.8 Å². The molecule has 0 heteroatoms. The van der Waals surface area contributed by atoms with E-state index >= 15 is 0 Å². The van der Waals surface area contributed by atoms with Crippen LogP contribution in [0.2, 0.25) is 0 Å². The van der Waals surface area contributed by atoms with Crippen molar-refractivity contribution in [1.82, 2.24) is 0 Å². The van der Waals surface area contributed by atoms with E-state index in [1.165, 1.54) is 46.2 Å². The summed E-state index contributed by atoms with van der Waals surface area (Å²) in [6.07, 6.45) is 7.60. The third kappa shape index (κ3) is 3.94. The van der Waals surface area contributed by atoms with Crippen molar-refractivity contribution < 1.29 is 0 Å². The predicted molar refractivity (Wildman–Crippen MR) is 132 cm³/mol. The fraction of sp³-hybridized carbons (Fsp3) is 0.467. The van der Waals surface area contributed by atoms with Crippen LogP contribution in [0.1, 0.15) is 95.4 Å². The smallest absolute Gasteiger partial charge is 0.00327 e. The van der Waals surface area contributed by atoms with Gasteiger partial charge in [0.15, 0.2) is 0 Å². The summed E-state index contributed by atoms with van der Waals surface area (Å²) in [6.45, 7) is 16.5. The van der Waals surface area contributed by atoms with E-state index in [-0.39, 0.29) is 10.8 Å². The second-order valence-corrected chi connectivity index (χ2v) is 11.6. The molecule has 0 aromatic heterocycles. The lowest BCUT2D eigenvalue weighted by molar-refractivity contribution is 0.453. The Morgan fingerprint density at radius 1 is 0.633 bits per heavy atom. The molecule has 0 saturated heterocycles. The second-order valence-electron chi connectivity index (χ2n) is 11.6. The molecule has 0 N–H and O–H groups in total. The van der Waals surface area contributed by atoms with Gasteiger partial charge < -0.3 is 0 Å². The number of allylic oxidation sites excluding steroid dienone is 4. The Kier molecular flexibility index (Phi) is 5.33. The van der Waals surface area contributed by atoms with Crippen molar-refractivity contribution in [2.45, 2.75) is 73.1 Å². The first-order valence-electron chi connectivity index (χ1n) is 11.7. The van der Waals surface area contributed by atoms with Gasteiger partial charge in [-0.15, -0.1) is 0 Å². The van der Waals surface area contributed by atoms with E-state index in [4.69, 9.17) is 0 Å². The number of benzene rings is 2. The Morgan fingerprint density at radius 2 is 1.00 bits per heavy atom. The van der Waals surface area contributed by atoms with Gasteiger partial charge >= 0.3 is 0 Å². The van der Waals surface area contributed by atoms with Crippen LogP contribution < -0.4 is 0 Å². The first kappa shape index (κ1) is 21.2. The Morgan fingerprint density at radius 3 is 1.37 bits per heavy atom. The molecule has 2 aromatic rings. The van der Waals surface area contributed by atoms with Crippen molar-refractivity contribution in [2.24, 2.45) is 16.7 Å². The quantitative estimate of drug-likeness (QED) is 0.482. The summed E-state index contributed by atoms with van der Waals surface area (Å²) in [4.78, 5) is 0. The van der Waals surface area contributed by atoms with Crippen LogP contribution in [0.5, 0.6) is 0 Å². The van der Waals surface area contributed by atoms with Crippen molar-refractivity contribution in [3.8, 4) is 0 Å². The van der Waals surface area contributed by atoms with E-state index in [1.54, 1.807) is 0 Å². The largest absolute Gasteiger partial charge is 0.0726 e. The molecular weight excluding hydrogens is 360 g/mol. The summed E-state index contributed by atoms with van der Waals surface area (Å²) in [7, 11) is 0. The van der Waals surface area contributed by atoms with Gasteiger partial charge in [0.25, 0.3) is 0 Å². The SMILES string of the molecule is CC(CC1C=C(C(C)(C)C)c2ccccc21)CC1C=C(C(C)(C)C)c2ccccc21. The van der Waals surface area contributed by atoms with Crippen LogP contribution >= 0.6 is 0 Å². The molecule has 0 fully saturated rings. The van der Waals surface area contributed by atoms with Crippen LogP contribution in [0.15, 0.2) is 60.7 Å². The van der Waals surface area contributed by atoms with Gasteiger partial charge in [0.1, 0.15) is 0 Å². The van der Waals surface area contributed by atoms with Gasteiger partial charge in [-0.05, 0) is 63.0 Å². The van der Waals surface area contributed by atoms with Gasteiger partial charge in [-0.1, -0.05) is 109 Å². The molecule has 2 aliphatic carbocycles. The van der Waals surface area contributed by atoms with Crippen molar-refractivity contribution in [1.29, 1.82) is 0 Å². The first-order chi connectivity index (χ1) is 14.1. The molecule has 0 radical (unpaired) electrons. The third-order valence-electron chi connectivity index (χ3n) is 6.97. The van der Waals surface area contributed by atoms with Crippen LogP contribution in [-0.4, -0.2) is 0 Å². The zero-order valence-electron chi connectivity index (χ0n) is 19.9. The molecule has 2 unspecified atom stereocenters. The van der Waals surface area contributed by atoms with Crippen molar-refractivity contribution in [3.05, 3.63) is 82.9 Å². The van der Waals surface area contributed by atoms with Crippen molar-refractivity contribution in [2.75, 3.05) is 0 Å². The summed E-state index contributed by atoms with van der Waals surface area (Å²) in [5.74, 6) is 1.77. The maximum absolute atomic E-state index is 2.57. The Labute approximate surface area is 184 Å². The highest BCUT2D eigenvalue weighted by molar-refractivity contribution is 5.78. The third-order valence-corrected chi connectivity index (χ3v) is 6.97. The summed E-state index contributed by atoms with van der Waals surface area (Å²) < 4.78 is 0. The van der Waals surface area contributed by atoms with Gasteiger partial charge in [-0.25, -0.2) is 0 Å². The lowest BCUT2D eigenvalue weighted by Crippen LogP contribution is -2.06. The Balaban J connectivity index is 1.55. The summed E-state index contributed by atoms with van der Waals surface area (Å²) >= 11 is 0. The zero-order chi connectivity index (χ0) is 21.7. The fourth-order valence-electron chi connectivity index (χ4n) is 5.55. The van der Waals surface area contributed by atoms with E-state index in [2.05, 4.69) is 109 Å². The molecule has 158 valence electrons. The molecule has 0 saturated carbocycles. The molecule has 2 aliphatic rings. The molecule has 0 aliphatic heterocycles.